The molecule has 0 radical (unpaired) electrons. The molecule has 0 bridgehead atoms. The Morgan fingerprint density at radius 3 is 2.54 bits per heavy atom. The zero-order chi connectivity index (χ0) is 32.5. The number of Topliss-reactive ketones (excluding diaryl/α,β-unsaturated/α-hetero) is 1. The van der Waals surface area contributed by atoms with Gasteiger partial charge in [0.2, 0.25) is 11.8 Å². The predicted molar refractivity (Wildman–Crippen MR) is 185 cm³/mol. The maximum absolute atomic E-state index is 14.3. The van der Waals surface area contributed by atoms with E-state index in [2.05, 4.69) is 46.2 Å². The summed E-state index contributed by atoms with van der Waals surface area (Å²) in [6, 6.07) is 4.79. The minimum absolute atomic E-state index is 0.126. The van der Waals surface area contributed by atoms with Crippen LogP contribution in [-0.2, 0) is 16.1 Å². The number of rotatable bonds is 8. The molecule has 4 aromatic heterocycles. The van der Waals surface area contributed by atoms with Crippen molar-refractivity contribution in [2.45, 2.75) is 60.6 Å². The number of nitrogens with zero attached hydrogens (tertiary/aromatic N) is 8. The molecule has 238 valence electrons. The first-order valence-corrected chi connectivity index (χ1v) is 19.4. The summed E-state index contributed by atoms with van der Waals surface area (Å²) in [5.74, 6) is 0.331. The molecule has 0 aliphatic carbocycles. The van der Waals surface area contributed by atoms with Crippen molar-refractivity contribution >= 4 is 69.4 Å². The fourth-order valence-corrected chi connectivity index (χ4v) is 13.5. The van der Waals surface area contributed by atoms with Crippen molar-refractivity contribution in [3.05, 3.63) is 58.0 Å². The number of pyridine rings is 2. The van der Waals surface area contributed by atoms with Crippen molar-refractivity contribution in [2.24, 2.45) is 0 Å². The van der Waals surface area contributed by atoms with Gasteiger partial charge in [-0.2, -0.15) is 5.10 Å². The third kappa shape index (κ3) is 5.24. The van der Waals surface area contributed by atoms with Crippen molar-refractivity contribution in [2.75, 3.05) is 25.0 Å². The molecule has 0 saturated carbocycles. The Labute approximate surface area is 281 Å². The molecule has 3 saturated heterocycles. The minimum atomic E-state index is -2.06. The van der Waals surface area contributed by atoms with E-state index in [0.717, 1.165) is 31.6 Å². The van der Waals surface area contributed by atoms with Crippen LogP contribution in [0.4, 0.5) is 5.82 Å². The molecule has 3 atom stereocenters. The van der Waals surface area contributed by atoms with Gasteiger partial charge in [-0.25, -0.2) is 15.0 Å². The van der Waals surface area contributed by atoms with Gasteiger partial charge in [-0.1, -0.05) is 6.07 Å². The number of aryl methyl sites for hydroxylation is 3. The fourth-order valence-electron chi connectivity index (χ4n) is 6.57. The Kier molecular flexibility index (Phi) is 7.81. The van der Waals surface area contributed by atoms with E-state index in [-0.39, 0.29) is 37.3 Å². The van der Waals surface area contributed by atoms with Gasteiger partial charge in [0.15, 0.2) is 5.78 Å². The predicted octanol–water partition coefficient (Wildman–Crippen LogP) is 4.29. The van der Waals surface area contributed by atoms with Crippen LogP contribution < -0.4 is 5.32 Å². The molecule has 3 aliphatic heterocycles. The number of likely N-dealkylation sites (tertiary alicyclic amines) is 2. The van der Waals surface area contributed by atoms with E-state index >= 15 is 0 Å². The molecule has 46 heavy (non-hydrogen) atoms. The van der Waals surface area contributed by atoms with E-state index in [1.165, 1.54) is 6.92 Å². The number of ketones is 1. The van der Waals surface area contributed by atoms with Gasteiger partial charge >= 0.3 is 0 Å². The van der Waals surface area contributed by atoms with Gasteiger partial charge < -0.3 is 15.1 Å². The lowest BCUT2D eigenvalue weighted by molar-refractivity contribution is -0.137. The van der Waals surface area contributed by atoms with Crippen molar-refractivity contribution in [1.29, 1.82) is 0 Å². The molecule has 0 unspecified atom stereocenters. The van der Waals surface area contributed by atoms with Crippen LogP contribution in [-0.4, -0.2) is 90.3 Å². The number of hydrogen-bond donors (Lipinski definition) is 1. The second-order valence-corrected chi connectivity index (χ2v) is 18.3. The highest BCUT2D eigenvalue weighted by Gasteiger charge is 2.70. The van der Waals surface area contributed by atoms with Crippen LogP contribution in [0.1, 0.15) is 47.3 Å². The first-order valence-electron chi connectivity index (χ1n) is 15.0. The summed E-state index contributed by atoms with van der Waals surface area (Å²) in [5, 5.41) is 8.20. The van der Waals surface area contributed by atoms with Gasteiger partial charge in [-0.05, 0) is 80.3 Å². The molecular formula is C32H33BrIN9O3. The second kappa shape index (κ2) is 11.6. The molecule has 1 N–H and O–H groups in total. The van der Waals surface area contributed by atoms with Crippen molar-refractivity contribution < 1.29 is 14.4 Å². The van der Waals surface area contributed by atoms with Crippen LogP contribution in [0.2, 0.25) is 0 Å². The number of amides is 2. The average molecular weight is 798 g/mol. The van der Waals surface area contributed by atoms with E-state index in [1.807, 2.05) is 26.0 Å². The molecule has 0 aromatic carbocycles. The molecule has 14 heteroatoms. The molecule has 0 spiro atoms. The number of halogens is 2. The van der Waals surface area contributed by atoms with Gasteiger partial charge in [-0.3, -0.25) is 24.0 Å². The van der Waals surface area contributed by atoms with Crippen LogP contribution in [0.3, 0.4) is 0 Å². The third-order valence-electron chi connectivity index (χ3n) is 9.07. The fraction of sp³-hybridized carbons (Fsp3) is 0.406. The number of carbonyl (C=O) groups excluding carboxylic acids is 3. The van der Waals surface area contributed by atoms with E-state index in [1.54, 1.807) is 35.0 Å². The summed E-state index contributed by atoms with van der Waals surface area (Å²) in [4.78, 5) is 62.9. The molecule has 2 amide bonds. The number of anilines is 1. The third-order valence-corrected chi connectivity index (χ3v) is 15.8. The summed E-state index contributed by atoms with van der Waals surface area (Å²) in [7, 11) is 0. The van der Waals surface area contributed by atoms with Crippen LogP contribution in [0.15, 0.2) is 35.2 Å². The van der Waals surface area contributed by atoms with Crippen molar-refractivity contribution in [3.8, 4) is 15.6 Å². The second-order valence-electron chi connectivity index (χ2n) is 12.2. The van der Waals surface area contributed by atoms with Gasteiger partial charge in [0.1, 0.15) is 34.5 Å². The highest BCUT2D eigenvalue weighted by Crippen LogP contribution is 2.73. The minimum Gasteiger partial charge on any atom is -0.316 e. The summed E-state index contributed by atoms with van der Waals surface area (Å²) >= 11 is 1.33. The van der Waals surface area contributed by atoms with E-state index in [0.29, 0.717) is 50.5 Å². The summed E-state index contributed by atoms with van der Waals surface area (Å²) < 4.78 is 8.67. The Hall–Kier alpha value is -3.59. The number of carbonyl (C=O) groups is 3. The summed E-state index contributed by atoms with van der Waals surface area (Å²) in [5.41, 5.74) is 3.59. The van der Waals surface area contributed by atoms with Crippen LogP contribution in [0.25, 0.3) is 22.2 Å². The number of fused-ring (bicyclic) bond motifs is 2. The normalized spacial score (nSPS) is 22.5. The van der Waals surface area contributed by atoms with E-state index in [9.17, 15) is 14.4 Å². The number of nitrogens with one attached hydrogen (secondary N) is 1. The lowest BCUT2D eigenvalue weighted by Crippen LogP contribution is -2.46. The van der Waals surface area contributed by atoms with Gasteiger partial charge in [0, 0.05) is 36.8 Å². The lowest BCUT2D eigenvalue weighted by Gasteiger charge is -2.33. The Balaban J connectivity index is 1.23. The molecule has 4 aromatic rings. The first kappa shape index (κ1) is 31.0. The topological polar surface area (TPSA) is 139 Å². The molecule has 12 nitrogen and oxygen atoms in total. The number of aromatic nitrogens is 6. The molecule has 7 rings (SSSR count). The standard InChI is InChI=1S/C32H33BrIN9O3/c1-17-7-8-25(33)38-29(17)39-30(46)24-12-32(16-41-9-6-10-41)31(34(32)5)43(24)26(45)15-42-28-18(2)37-23(21-13-35-20(4)36-14-21)11-22(28)27(40-42)19(3)44/h5,7-8,11,13-14,24,31H,6,9-10,12,15-16H2,1-4H3,(H,38,39,46)/t24-,31-,32-/m0/s1. The van der Waals surface area contributed by atoms with E-state index in [4.69, 9.17) is 9.30 Å². The largest absolute Gasteiger partial charge is 0.316 e. The van der Waals surface area contributed by atoms with Gasteiger partial charge in [0.05, 0.1) is 24.4 Å². The summed E-state index contributed by atoms with van der Waals surface area (Å²) in [6.45, 7) is 9.65. The van der Waals surface area contributed by atoms with Crippen LogP contribution >= 0.6 is 35.1 Å². The Bertz CT molecular complexity index is 2020. The number of hydrogen-bond acceptors (Lipinski definition) is 9. The average Bonchev–Trinajstić information content (AvgIpc) is 3.27. The SMILES string of the molecule is C#I1[C@H]2N(C(=O)Cn3nc(C(C)=O)c4cc(-c5cnc(C)nc5)nc(C)c43)[C@H](C(=O)Nc3nc(Br)ccc3C)C[C@]21CN1CCC1. The maximum Gasteiger partial charge on any atom is 0.248 e. The Morgan fingerprint density at radius 1 is 1.13 bits per heavy atom. The molecule has 3 aliphatic rings. The van der Waals surface area contributed by atoms with Gasteiger partial charge in [-0.15, -0.1) is 23.5 Å². The van der Waals surface area contributed by atoms with Gasteiger partial charge in [0.25, 0.3) is 0 Å². The molecular weight excluding hydrogens is 765 g/mol. The lowest BCUT2D eigenvalue weighted by atomic mass is 10.0. The quantitative estimate of drug-likeness (QED) is 0.0910. The highest BCUT2D eigenvalue weighted by atomic mass is 127. The zero-order valence-electron chi connectivity index (χ0n) is 25.9. The number of alkyl halides is 2. The Morgan fingerprint density at radius 2 is 1.87 bits per heavy atom. The molecule has 3 fully saturated rings. The smallest absolute Gasteiger partial charge is 0.248 e. The van der Waals surface area contributed by atoms with Crippen LogP contribution in [0.5, 0.6) is 0 Å². The molecule has 7 heterocycles. The van der Waals surface area contributed by atoms with Crippen molar-refractivity contribution in [1.82, 2.24) is 39.5 Å². The summed E-state index contributed by atoms with van der Waals surface area (Å²) in [6.07, 6.45) is 5.06. The highest BCUT2D eigenvalue weighted by molar-refractivity contribution is 14.2. The van der Waals surface area contributed by atoms with Crippen LogP contribution in [0, 0.1) is 25.1 Å². The first-order chi connectivity index (χ1) is 22.0. The zero-order valence-corrected chi connectivity index (χ0v) is 29.7. The monoisotopic (exact) mass is 797 g/mol. The maximum atomic E-state index is 14.3. The van der Waals surface area contributed by atoms with Crippen molar-refractivity contribution in [3.63, 3.8) is 0 Å². The van der Waals surface area contributed by atoms with E-state index < -0.39 is 25.2 Å².